The Morgan fingerprint density at radius 1 is 0.962 bits per heavy atom. The maximum Gasteiger partial charge on any atom is 0.201 e. The van der Waals surface area contributed by atoms with Gasteiger partial charge in [0.05, 0.1) is 6.04 Å². The molecule has 0 radical (unpaired) electrons. The smallest absolute Gasteiger partial charge is 0.201 e. The van der Waals surface area contributed by atoms with E-state index in [4.69, 9.17) is 10.7 Å². The molecule has 0 unspecified atom stereocenters. The van der Waals surface area contributed by atoms with E-state index in [9.17, 15) is 0 Å². The molecule has 2 aromatic carbocycles. The van der Waals surface area contributed by atoms with Crippen LogP contribution in [0.25, 0.3) is 0 Å². The maximum atomic E-state index is 6.45. The zero-order valence-corrected chi connectivity index (χ0v) is 15.7. The summed E-state index contributed by atoms with van der Waals surface area (Å²) in [7, 11) is 0. The van der Waals surface area contributed by atoms with Gasteiger partial charge < -0.3 is 10.6 Å². The van der Waals surface area contributed by atoms with Crippen LogP contribution in [0, 0.1) is 0 Å². The van der Waals surface area contributed by atoms with Gasteiger partial charge in [-0.1, -0.05) is 87.5 Å². The summed E-state index contributed by atoms with van der Waals surface area (Å²) in [5, 5.41) is 0. The highest BCUT2D eigenvalue weighted by atomic mass is 15.3. The molecule has 134 valence electrons. The molecule has 0 fully saturated rings. The largest absolute Gasteiger partial charge is 0.369 e. The number of nitrogens with zero attached hydrogens (tertiary/aromatic N) is 2. The van der Waals surface area contributed by atoms with Crippen LogP contribution in [0.1, 0.15) is 50.3 Å². The molecule has 26 heavy (non-hydrogen) atoms. The van der Waals surface area contributed by atoms with Crippen molar-refractivity contribution in [2.45, 2.75) is 39.2 Å². The van der Waals surface area contributed by atoms with E-state index in [2.05, 4.69) is 73.9 Å². The van der Waals surface area contributed by atoms with Crippen molar-refractivity contribution in [3.63, 3.8) is 0 Å². The fourth-order valence-electron chi connectivity index (χ4n) is 3.59. The van der Waals surface area contributed by atoms with E-state index in [1.54, 1.807) is 0 Å². The fourth-order valence-corrected chi connectivity index (χ4v) is 3.59. The van der Waals surface area contributed by atoms with Gasteiger partial charge in [0, 0.05) is 11.4 Å². The van der Waals surface area contributed by atoms with Crippen LogP contribution in [0.5, 0.6) is 0 Å². The van der Waals surface area contributed by atoms with Crippen molar-refractivity contribution < 1.29 is 0 Å². The number of hydrogen-bond acceptors (Lipinski definition) is 3. The quantitative estimate of drug-likeness (QED) is 0.763. The van der Waals surface area contributed by atoms with E-state index in [-0.39, 0.29) is 6.04 Å². The second-order valence-electron chi connectivity index (χ2n) is 6.54. The van der Waals surface area contributed by atoms with Crippen molar-refractivity contribution >= 4 is 5.96 Å². The minimum atomic E-state index is -0.0427. The number of hydrogen-bond donors (Lipinski definition) is 1. The lowest BCUT2D eigenvalue weighted by Crippen LogP contribution is -2.42. The predicted octanol–water partition coefficient (Wildman–Crippen LogP) is 5.38. The standard InChI is InChI=1S/C23H27N3/c1-4-12-20-17(3)26(23(24)25-21(20)5-2)22(18-13-8-6-9-14-18)19-15-10-7-11-16-19/h6-11,13-16,22H,3-5,12H2,1-2H3,(H2,24,25). The average Bonchev–Trinajstić information content (AvgIpc) is 2.68. The molecule has 1 aliphatic rings. The molecule has 2 aromatic rings. The SMILES string of the molecule is C=C1C(CCC)=C(CC)N=C(N)N1C(c1ccccc1)c1ccccc1. The average molecular weight is 345 g/mol. The zero-order chi connectivity index (χ0) is 18.5. The van der Waals surface area contributed by atoms with Gasteiger partial charge in [-0.2, -0.15) is 0 Å². The first-order chi connectivity index (χ1) is 12.7. The topological polar surface area (TPSA) is 41.6 Å². The van der Waals surface area contributed by atoms with Gasteiger partial charge in [-0.25, -0.2) is 4.99 Å². The van der Waals surface area contributed by atoms with E-state index in [0.29, 0.717) is 5.96 Å². The Balaban J connectivity index is 2.12. The highest BCUT2D eigenvalue weighted by Crippen LogP contribution is 2.38. The summed E-state index contributed by atoms with van der Waals surface area (Å²) in [6.07, 6.45) is 2.89. The van der Waals surface area contributed by atoms with Crippen molar-refractivity contribution in [2.24, 2.45) is 10.7 Å². The molecule has 3 rings (SSSR count). The van der Waals surface area contributed by atoms with Crippen molar-refractivity contribution in [2.75, 3.05) is 0 Å². The van der Waals surface area contributed by atoms with Crippen molar-refractivity contribution in [1.82, 2.24) is 4.90 Å². The van der Waals surface area contributed by atoms with Gasteiger partial charge in [-0.05, 0) is 29.5 Å². The lowest BCUT2D eigenvalue weighted by atomic mass is 9.93. The van der Waals surface area contributed by atoms with Crippen LogP contribution in [0.2, 0.25) is 0 Å². The first kappa shape index (κ1) is 18.0. The summed E-state index contributed by atoms with van der Waals surface area (Å²) in [5.74, 6) is 0.518. The zero-order valence-electron chi connectivity index (χ0n) is 15.7. The summed E-state index contributed by atoms with van der Waals surface area (Å²) in [5.41, 5.74) is 12.1. The summed E-state index contributed by atoms with van der Waals surface area (Å²) in [6.45, 7) is 8.73. The van der Waals surface area contributed by atoms with Crippen LogP contribution >= 0.6 is 0 Å². The molecule has 0 atom stereocenters. The highest BCUT2D eigenvalue weighted by molar-refractivity contribution is 5.84. The number of aliphatic imine (C=N–C) groups is 1. The molecule has 1 heterocycles. The van der Waals surface area contributed by atoms with Crippen molar-refractivity contribution in [3.8, 4) is 0 Å². The van der Waals surface area contributed by atoms with Gasteiger partial charge in [-0.15, -0.1) is 0 Å². The van der Waals surface area contributed by atoms with Crippen LogP contribution in [-0.2, 0) is 0 Å². The van der Waals surface area contributed by atoms with E-state index < -0.39 is 0 Å². The van der Waals surface area contributed by atoms with Crippen LogP contribution in [0.15, 0.2) is 89.2 Å². The van der Waals surface area contributed by atoms with Crippen molar-refractivity contribution in [1.29, 1.82) is 0 Å². The third kappa shape index (κ3) is 3.43. The molecule has 0 bridgehead atoms. The van der Waals surface area contributed by atoms with E-state index in [1.807, 2.05) is 12.1 Å². The number of nitrogens with two attached hydrogens (primary N) is 1. The predicted molar refractivity (Wildman–Crippen MR) is 110 cm³/mol. The molecule has 3 nitrogen and oxygen atoms in total. The first-order valence-electron chi connectivity index (χ1n) is 9.31. The van der Waals surface area contributed by atoms with Gasteiger partial charge >= 0.3 is 0 Å². The second-order valence-corrected chi connectivity index (χ2v) is 6.54. The molecule has 0 aromatic heterocycles. The maximum absolute atomic E-state index is 6.45. The van der Waals surface area contributed by atoms with Gasteiger partial charge in [-0.3, -0.25) is 0 Å². The van der Waals surface area contributed by atoms with Crippen LogP contribution in [0.3, 0.4) is 0 Å². The van der Waals surface area contributed by atoms with Crippen LogP contribution < -0.4 is 5.73 Å². The number of rotatable bonds is 6. The third-order valence-electron chi connectivity index (χ3n) is 4.81. The molecule has 1 aliphatic heterocycles. The van der Waals surface area contributed by atoms with Gasteiger partial charge in [0.1, 0.15) is 0 Å². The third-order valence-corrected chi connectivity index (χ3v) is 4.81. The number of benzene rings is 2. The van der Waals surface area contributed by atoms with Gasteiger partial charge in [0.15, 0.2) is 0 Å². The molecule has 0 spiro atoms. The minimum Gasteiger partial charge on any atom is -0.369 e. The molecule has 2 N–H and O–H groups in total. The Hall–Kier alpha value is -2.81. The summed E-state index contributed by atoms with van der Waals surface area (Å²) in [6, 6.07) is 20.8. The van der Waals surface area contributed by atoms with Gasteiger partial charge in [0.25, 0.3) is 0 Å². The van der Waals surface area contributed by atoms with Gasteiger partial charge in [0.2, 0.25) is 5.96 Å². The molecule has 0 saturated heterocycles. The molecule has 3 heteroatoms. The Morgan fingerprint density at radius 3 is 1.96 bits per heavy atom. The summed E-state index contributed by atoms with van der Waals surface area (Å²) < 4.78 is 0. The first-order valence-corrected chi connectivity index (χ1v) is 9.31. The molecule has 0 saturated carbocycles. The number of guanidine groups is 1. The Bertz CT molecular complexity index is 780. The van der Waals surface area contributed by atoms with Crippen LogP contribution in [-0.4, -0.2) is 10.9 Å². The molecular weight excluding hydrogens is 318 g/mol. The van der Waals surface area contributed by atoms with Crippen molar-refractivity contribution in [3.05, 3.63) is 95.3 Å². The van der Waals surface area contributed by atoms with Crippen LogP contribution in [0.4, 0.5) is 0 Å². The second kappa shape index (κ2) is 8.05. The lowest BCUT2D eigenvalue weighted by Gasteiger charge is -2.38. The molecular formula is C23H27N3. The molecule has 0 aliphatic carbocycles. The number of allylic oxidation sites excluding steroid dienone is 2. The Morgan fingerprint density at radius 2 is 1.50 bits per heavy atom. The monoisotopic (exact) mass is 345 g/mol. The fraction of sp³-hybridized carbons (Fsp3) is 0.261. The summed E-state index contributed by atoms with van der Waals surface area (Å²) in [4.78, 5) is 6.84. The normalized spacial score (nSPS) is 14.8. The Kier molecular flexibility index (Phi) is 5.57. The van der Waals surface area contributed by atoms with E-state index in [0.717, 1.165) is 30.7 Å². The lowest BCUT2D eigenvalue weighted by molar-refractivity contribution is 0.427. The van der Waals surface area contributed by atoms with E-state index in [1.165, 1.54) is 16.7 Å². The van der Waals surface area contributed by atoms with E-state index >= 15 is 0 Å². The summed E-state index contributed by atoms with van der Waals surface area (Å²) >= 11 is 0. The molecule has 0 amide bonds. The highest BCUT2D eigenvalue weighted by Gasteiger charge is 2.31. The Labute approximate surface area is 156 Å². The minimum absolute atomic E-state index is 0.0427.